The summed E-state index contributed by atoms with van der Waals surface area (Å²) in [4.78, 5) is 11.7. The van der Waals surface area contributed by atoms with Crippen molar-refractivity contribution in [2.45, 2.75) is 0 Å². The summed E-state index contributed by atoms with van der Waals surface area (Å²) in [6.07, 6.45) is 1.73. The smallest absolute Gasteiger partial charge is 0.166 e. The summed E-state index contributed by atoms with van der Waals surface area (Å²) in [6.45, 7) is 0.693. The predicted molar refractivity (Wildman–Crippen MR) is 53.2 cm³/mol. The third-order valence-electron chi connectivity index (χ3n) is 2.77. The summed E-state index contributed by atoms with van der Waals surface area (Å²) in [5.41, 5.74) is 7.10. The minimum Gasteiger partial charge on any atom is -0.324 e. The Morgan fingerprint density at radius 2 is 2.14 bits per heavy atom. The van der Waals surface area contributed by atoms with Gasteiger partial charge < -0.3 is 5.43 Å². The van der Waals surface area contributed by atoms with Gasteiger partial charge in [-0.25, -0.2) is 5.43 Å². The first-order valence-corrected chi connectivity index (χ1v) is 4.70. The standard InChI is InChI=1S/C11H10N2O/c14-10-5-7-3-1-2-4-8(7)11-9(10)6-12-13-11/h1-5,9,12-13H,6H2. The van der Waals surface area contributed by atoms with Gasteiger partial charge in [-0.1, -0.05) is 24.3 Å². The summed E-state index contributed by atoms with van der Waals surface area (Å²) in [6, 6.07) is 7.95. The highest BCUT2D eigenvalue weighted by atomic mass is 16.1. The first-order chi connectivity index (χ1) is 6.86. The number of carbonyl (C=O) groups is 1. The molecule has 14 heavy (non-hydrogen) atoms. The fourth-order valence-electron chi connectivity index (χ4n) is 2.06. The Morgan fingerprint density at radius 1 is 1.29 bits per heavy atom. The number of nitrogens with one attached hydrogen (secondary N) is 2. The maximum atomic E-state index is 11.7. The van der Waals surface area contributed by atoms with Gasteiger partial charge in [-0.2, -0.15) is 0 Å². The van der Waals surface area contributed by atoms with Crippen molar-refractivity contribution in [1.82, 2.24) is 10.9 Å². The third kappa shape index (κ3) is 0.930. The molecule has 70 valence electrons. The zero-order valence-corrected chi connectivity index (χ0v) is 7.58. The van der Waals surface area contributed by atoms with E-state index in [-0.39, 0.29) is 11.7 Å². The van der Waals surface area contributed by atoms with Crippen molar-refractivity contribution in [3.63, 3.8) is 0 Å². The van der Waals surface area contributed by atoms with Crippen LogP contribution < -0.4 is 21.3 Å². The Labute approximate surface area is 81.1 Å². The molecule has 1 heterocycles. The van der Waals surface area contributed by atoms with Crippen LogP contribution in [0.3, 0.4) is 0 Å². The van der Waals surface area contributed by atoms with Crippen LogP contribution in [0.25, 0.3) is 11.8 Å². The molecular formula is C11H10N2O. The molecular weight excluding hydrogens is 176 g/mol. The topological polar surface area (TPSA) is 41.1 Å². The van der Waals surface area contributed by atoms with Crippen LogP contribution in [0.4, 0.5) is 0 Å². The molecule has 3 rings (SSSR count). The Balaban J connectivity index is 2.43. The molecule has 2 N–H and O–H groups in total. The van der Waals surface area contributed by atoms with Crippen LogP contribution in [-0.4, -0.2) is 12.3 Å². The highest BCUT2D eigenvalue weighted by Crippen LogP contribution is 2.14. The first kappa shape index (κ1) is 7.76. The first-order valence-electron chi connectivity index (χ1n) is 4.70. The number of hydrogen-bond donors (Lipinski definition) is 2. The van der Waals surface area contributed by atoms with Crippen LogP contribution in [0.5, 0.6) is 0 Å². The SMILES string of the molecule is O=C1C=c2ccccc2=C2NNCC12. The van der Waals surface area contributed by atoms with E-state index in [1.165, 1.54) is 0 Å². The molecule has 1 aromatic carbocycles. The molecule has 1 aliphatic carbocycles. The normalized spacial score (nSPS) is 23.6. The molecule has 0 bridgehead atoms. The summed E-state index contributed by atoms with van der Waals surface area (Å²) in [5.74, 6) is 0.182. The fraction of sp³-hybridized carbons (Fsp3) is 0.182. The van der Waals surface area contributed by atoms with Gasteiger partial charge >= 0.3 is 0 Å². The Morgan fingerprint density at radius 3 is 3.07 bits per heavy atom. The Kier molecular flexibility index (Phi) is 1.49. The third-order valence-corrected chi connectivity index (χ3v) is 2.77. The van der Waals surface area contributed by atoms with E-state index in [4.69, 9.17) is 0 Å². The van der Waals surface area contributed by atoms with Gasteiger partial charge in [-0.15, -0.1) is 0 Å². The van der Waals surface area contributed by atoms with E-state index >= 15 is 0 Å². The monoisotopic (exact) mass is 186 g/mol. The number of benzene rings is 1. The maximum absolute atomic E-state index is 11.7. The Bertz CT molecular complexity index is 518. The molecule has 2 aliphatic rings. The van der Waals surface area contributed by atoms with Crippen molar-refractivity contribution < 1.29 is 4.79 Å². The van der Waals surface area contributed by atoms with Crippen LogP contribution in [0.15, 0.2) is 24.3 Å². The number of ketones is 1. The molecule has 0 spiro atoms. The summed E-state index contributed by atoms with van der Waals surface area (Å²) in [7, 11) is 0. The van der Waals surface area contributed by atoms with Crippen molar-refractivity contribution in [1.29, 1.82) is 0 Å². The number of fused-ring (bicyclic) bond motifs is 2. The van der Waals surface area contributed by atoms with Crippen molar-refractivity contribution in [3.05, 3.63) is 34.7 Å². The molecule has 0 aromatic heterocycles. The van der Waals surface area contributed by atoms with Crippen molar-refractivity contribution >= 4 is 17.6 Å². The molecule has 1 aromatic rings. The molecule has 1 aliphatic heterocycles. The molecule has 3 nitrogen and oxygen atoms in total. The lowest BCUT2D eigenvalue weighted by molar-refractivity contribution is -0.115. The van der Waals surface area contributed by atoms with E-state index in [1.54, 1.807) is 6.08 Å². The minimum atomic E-state index is -0.00935. The second-order valence-corrected chi connectivity index (χ2v) is 3.61. The fourth-order valence-corrected chi connectivity index (χ4v) is 2.06. The minimum absolute atomic E-state index is 0.00935. The number of rotatable bonds is 0. The van der Waals surface area contributed by atoms with Crippen molar-refractivity contribution in [2.24, 2.45) is 5.92 Å². The highest BCUT2D eigenvalue weighted by molar-refractivity contribution is 6.12. The number of hydrazine groups is 1. The molecule has 1 saturated heterocycles. The van der Waals surface area contributed by atoms with Crippen LogP contribution in [0.2, 0.25) is 0 Å². The number of carbonyl (C=O) groups excluding carboxylic acids is 1. The second-order valence-electron chi connectivity index (χ2n) is 3.61. The molecule has 1 fully saturated rings. The lowest BCUT2D eigenvalue weighted by Crippen LogP contribution is -2.38. The van der Waals surface area contributed by atoms with Gasteiger partial charge in [0.2, 0.25) is 0 Å². The van der Waals surface area contributed by atoms with E-state index < -0.39 is 0 Å². The van der Waals surface area contributed by atoms with Crippen LogP contribution in [0, 0.1) is 5.92 Å². The zero-order chi connectivity index (χ0) is 9.54. The van der Waals surface area contributed by atoms with Crippen molar-refractivity contribution in [2.75, 3.05) is 6.54 Å². The largest absolute Gasteiger partial charge is 0.324 e. The van der Waals surface area contributed by atoms with Gasteiger partial charge in [0, 0.05) is 17.5 Å². The van der Waals surface area contributed by atoms with Crippen molar-refractivity contribution in [3.8, 4) is 0 Å². The second kappa shape index (κ2) is 2.69. The average molecular weight is 186 g/mol. The molecule has 0 radical (unpaired) electrons. The van der Waals surface area contributed by atoms with E-state index in [9.17, 15) is 4.79 Å². The highest BCUT2D eigenvalue weighted by Gasteiger charge is 2.28. The van der Waals surface area contributed by atoms with Gasteiger partial charge in [0.05, 0.1) is 5.92 Å². The average Bonchev–Trinajstić information content (AvgIpc) is 2.67. The van der Waals surface area contributed by atoms with E-state index in [2.05, 4.69) is 10.9 Å². The van der Waals surface area contributed by atoms with Gasteiger partial charge in [0.25, 0.3) is 0 Å². The molecule has 3 heteroatoms. The lowest BCUT2D eigenvalue weighted by Gasteiger charge is -2.11. The molecule has 1 unspecified atom stereocenters. The van der Waals surface area contributed by atoms with Crippen LogP contribution >= 0.6 is 0 Å². The number of hydrogen-bond acceptors (Lipinski definition) is 3. The van der Waals surface area contributed by atoms with Gasteiger partial charge in [0.15, 0.2) is 5.78 Å². The lowest BCUT2D eigenvalue weighted by atomic mass is 9.94. The molecule has 0 saturated carbocycles. The molecule has 1 atom stereocenters. The van der Waals surface area contributed by atoms with E-state index in [0.717, 1.165) is 16.1 Å². The maximum Gasteiger partial charge on any atom is 0.166 e. The summed E-state index contributed by atoms with van der Waals surface area (Å²) in [5, 5.41) is 2.15. The Hall–Kier alpha value is -1.61. The number of Topliss-reactive ketones (excluding diaryl/α,β-unsaturated/α-hetero) is 1. The van der Waals surface area contributed by atoms with Gasteiger partial charge in [-0.3, -0.25) is 4.79 Å². The quantitative estimate of drug-likeness (QED) is 0.539. The predicted octanol–water partition coefficient (Wildman–Crippen LogP) is -1.12. The molecule has 0 amide bonds. The van der Waals surface area contributed by atoms with Gasteiger partial charge in [0.1, 0.15) is 0 Å². The van der Waals surface area contributed by atoms with Crippen LogP contribution in [0.1, 0.15) is 0 Å². The van der Waals surface area contributed by atoms with E-state index in [0.29, 0.717) is 6.54 Å². The van der Waals surface area contributed by atoms with E-state index in [1.807, 2.05) is 24.3 Å². The zero-order valence-electron chi connectivity index (χ0n) is 7.58. The van der Waals surface area contributed by atoms with Crippen LogP contribution in [-0.2, 0) is 4.79 Å². The summed E-state index contributed by atoms with van der Waals surface area (Å²) >= 11 is 0. The summed E-state index contributed by atoms with van der Waals surface area (Å²) < 4.78 is 0. The van der Waals surface area contributed by atoms with Gasteiger partial charge in [-0.05, 0) is 11.3 Å².